The zero-order valence-corrected chi connectivity index (χ0v) is 11.9. The first-order chi connectivity index (χ1) is 8.08. The number of anilines is 1. The van der Waals surface area contributed by atoms with Gasteiger partial charge < -0.3 is 5.32 Å². The van der Waals surface area contributed by atoms with Crippen molar-refractivity contribution in [2.45, 2.75) is 31.1 Å². The van der Waals surface area contributed by atoms with E-state index in [-0.39, 0.29) is 11.7 Å². The van der Waals surface area contributed by atoms with Crippen molar-refractivity contribution in [1.82, 2.24) is 0 Å². The average molecular weight is 322 g/mol. The molecule has 1 aliphatic heterocycles. The smallest absolute Gasteiger partial charge is 0.150 e. The van der Waals surface area contributed by atoms with Gasteiger partial charge >= 0.3 is 0 Å². The largest absolute Gasteiger partial charge is 0.376 e. The maximum Gasteiger partial charge on any atom is 0.150 e. The van der Waals surface area contributed by atoms with E-state index in [2.05, 4.69) is 28.2 Å². The SMILES string of the molecule is CC1SCCCC1Nc1c(F)cc(Br)cc1F. The fourth-order valence-corrected chi connectivity index (χ4v) is 3.52. The molecule has 1 heterocycles. The molecule has 0 aliphatic carbocycles. The fraction of sp³-hybridized carbons (Fsp3) is 0.500. The lowest BCUT2D eigenvalue weighted by atomic mass is 10.1. The quantitative estimate of drug-likeness (QED) is 0.865. The Morgan fingerprint density at radius 1 is 1.35 bits per heavy atom. The predicted molar refractivity (Wildman–Crippen MR) is 72.6 cm³/mol. The molecule has 2 atom stereocenters. The Balaban J connectivity index is 2.17. The van der Waals surface area contributed by atoms with Crippen LogP contribution >= 0.6 is 27.7 Å². The first kappa shape index (κ1) is 13.1. The summed E-state index contributed by atoms with van der Waals surface area (Å²) in [4.78, 5) is 0. The third kappa shape index (κ3) is 3.13. The summed E-state index contributed by atoms with van der Waals surface area (Å²) < 4.78 is 27.7. The molecule has 1 saturated heterocycles. The van der Waals surface area contributed by atoms with Gasteiger partial charge in [0.25, 0.3) is 0 Å². The van der Waals surface area contributed by atoms with Crippen molar-refractivity contribution >= 4 is 33.4 Å². The Morgan fingerprint density at radius 2 is 2.00 bits per heavy atom. The summed E-state index contributed by atoms with van der Waals surface area (Å²) >= 11 is 4.92. The second-order valence-corrected chi connectivity index (χ2v) is 6.61. The van der Waals surface area contributed by atoms with Crippen LogP contribution in [0.25, 0.3) is 0 Å². The normalized spacial score (nSPS) is 24.7. The molecule has 1 fully saturated rings. The highest BCUT2D eigenvalue weighted by Gasteiger charge is 2.23. The van der Waals surface area contributed by atoms with Crippen LogP contribution in [-0.2, 0) is 0 Å². The third-order valence-electron chi connectivity index (χ3n) is 2.94. The molecule has 2 unspecified atom stereocenters. The van der Waals surface area contributed by atoms with Gasteiger partial charge in [0.1, 0.15) is 17.3 Å². The first-order valence-corrected chi connectivity index (χ1v) is 7.45. The van der Waals surface area contributed by atoms with Crippen LogP contribution in [-0.4, -0.2) is 17.0 Å². The van der Waals surface area contributed by atoms with Crippen LogP contribution in [0.5, 0.6) is 0 Å². The van der Waals surface area contributed by atoms with Crippen LogP contribution in [0.4, 0.5) is 14.5 Å². The Kier molecular flexibility index (Phi) is 4.31. The molecular formula is C12H14BrF2NS. The van der Waals surface area contributed by atoms with E-state index in [0.29, 0.717) is 9.72 Å². The van der Waals surface area contributed by atoms with Gasteiger partial charge in [0, 0.05) is 15.8 Å². The summed E-state index contributed by atoms with van der Waals surface area (Å²) in [5, 5.41) is 3.38. The highest BCUT2D eigenvalue weighted by molar-refractivity contribution is 9.10. The topological polar surface area (TPSA) is 12.0 Å². The maximum atomic E-state index is 13.7. The molecule has 1 aromatic rings. The number of thioether (sulfide) groups is 1. The van der Waals surface area contributed by atoms with Crippen LogP contribution < -0.4 is 5.32 Å². The fourth-order valence-electron chi connectivity index (χ4n) is 1.98. The van der Waals surface area contributed by atoms with E-state index in [0.717, 1.165) is 18.6 Å². The zero-order chi connectivity index (χ0) is 12.4. The van der Waals surface area contributed by atoms with E-state index in [1.807, 2.05) is 11.8 Å². The van der Waals surface area contributed by atoms with Crippen LogP contribution in [0.1, 0.15) is 19.8 Å². The monoisotopic (exact) mass is 321 g/mol. The summed E-state index contributed by atoms with van der Waals surface area (Å²) in [5.41, 5.74) is -0.00690. The van der Waals surface area contributed by atoms with E-state index in [1.54, 1.807) is 0 Å². The molecule has 0 spiro atoms. The molecule has 1 N–H and O–H groups in total. The molecule has 1 aromatic carbocycles. The zero-order valence-electron chi connectivity index (χ0n) is 9.47. The standard InChI is InChI=1S/C12H14BrF2NS/c1-7-11(3-2-4-17-7)16-12-9(14)5-8(13)6-10(12)15/h5-7,11,16H,2-4H2,1H3. The molecule has 1 nitrogen and oxygen atoms in total. The van der Waals surface area contributed by atoms with Crippen molar-refractivity contribution in [3.05, 3.63) is 28.2 Å². The third-order valence-corrected chi connectivity index (χ3v) is 4.78. The van der Waals surface area contributed by atoms with E-state index in [9.17, 15) is 8.78 Å². The molecule has 0 bridgehead atoms. The van der Waals surface area contributed by atoms with Crippen molar-refractivity contribution in [3.8, 4) is 0 Å². The molecule has 5 heteroatoms. The van der Waals surface area contributed by atoms with E-state index < -0.39 is 11.6 Å². The predicted octanol–water partition coefficient (Wildman–Crippen LogP) is 4.42. The maximum absolute atomic E-state index is 13.7. The molecule has 0 amide bonds. The summed E-state index contributed by atoms with van der Waals surface area (Å²) in [6.07, 6.45) is 2.05. The van der Waals surface area contributed by atoms with Gasteiger partial charge in [-0.2, -0.15) is 11.8 Å². The minimum atomic E-state index is -0.542. The van der Waals surface area contributed by atoms with Gasteiger partial charge in [-0.05, 0) is 30.7 Å². The molecule has 0 saturated carbocycles. The number of rotatable bonds is 2. The van der Waals surface area contributed by atoms with Gasteiger partial charge in [0.2, 0.25) is 0 Å². The van der Waals surface area contributed by atoms with Crippen LogP contribution in [0.3, 0.4) is 0 Å². The van der Waals surface area contributed by atoms with Gasteiger partial charge in [-0.1, -0.05) is 22.9 Å². The Labute approximate surface area is 112 Å². The van der Waals surface area contributed by atoms with Crippen LogP contribution in [0.15, 0.2) is 16.6 Å². The summed E-state index contributed by atoms with van der Waals surface area (Å²) in [6, 6.07) is 2.71. The van der Waals surface area contributed by atoms with Crippen molar-refractivity contribution in [3.63, 3.8) is 0 Å². The van der Waals surface area contributed by atoms with Crippen molar-refractivity contribution in [2.24, 2.45) is 0 Å². The number of benzene rings is 1. The van der Waals surface area contributed by atoms with E-state index in [4.69, 9.17) is 0 Å². The second kappa shape index (κ2) is 5.57. The van der Waals surface area contributed by atoms with Crippen molar-refractivity contribution in [2.75, 3.05) is 11.1 Å². The van der Waals surface area contributed by atoms with Gasteiger partial charge in [-0.15, -0.1) is 0 Å². The first-order valence-electron chi connectivity index (χ1n) is 5.60. The van der Waals surface area contributed by atoms with Crippen molar-refractivity contribution in [1.29, 1.82) is 0 Å². The number of nitrogens with one attached hydrogen (secondary N) is 1. The second-order valence-electron chi connectivity index (χ2n) is 4.21. The van der Waals surface area contributed by atoms with Gasteiger partial charge in [0.15, 0.2) is 0 Å². The molecule has 17 heavy (non-hydrogen) atoms. The Bertz CT molecular complexity index is 390. The molecule has 94 valence electrons. The number of halogens is 3. The summed E-state index contributed by atoms with van der Waals surface area (Å²) in [7, 11) is 0. The number of hydrogen-bond donors (Lipinski definition) is 1. The van der Waals surface area contributed by atoms with Crippen LogP contribution in [0.2, 0.25) is 0 Å². The van der Waals surface area contributed by atoms with E-state index in [1.165, 1.54) is 12.1 Å². The Morgan fingerprint density at radius 3 is 2.59 bits per heavy atom. The highest BCUT2D eigenvalue weighted by atomic mass is 79.9. The average Bonchev–Trinajstić information content (AvgIpc) is 2.25. The Hall–Kier alpha value is -0.290. The highest BCUT2D eigenvalue weighted by Crippen LogP contribution is 2.30. The van der Waals surface area contributed by atoms with E-state index >= 15 is 0 Å². The lowest BCUT2D eigenvalue weighted by molar-refractivity contribution is 0.565. The van der Waals surface area contributed by atoms with Gasteiger partial charge in [-0.25, -0.2) is 8.78 Å². The van der Waals surface area contributed by atoms with Crippen molar-refractivity contribution < 1.29 is 8.78 Å². The van der Waals surface area contributed by atoms with Crippen LogP contribution in [0, 0.1) is 11.6 Å². The minimum Gasteiger partial charge on any atom is -0.376 e. The molecule has 1 aliphatic rings. The molecule has 0 aromatic heterocycles. The molecular weight excluding hydrogens is 308 g/mol. The summed E-state index contributed by atoms with van der Waals surface area (Å²) in [5.74, 6) is 0.0456. The lowest BCUT2D eigenvalue weighted by Crippen LogP contribution is -2.33. The minimum absolute atomic E-state index is 0.00690. The van der Waals surface area contributed by atoms with Gasteiger partial charge in [0.05, 0.1) is 0 Å². The lowest BCUT2D eigenvalue weighted by Gasteiger charge is -2.30. The number of hydrogen-bond acceptors (Lipinski definition) is 2. The molecule has 2 rings (SSSR count). The van der Waals surface area contributed by atoms with Gasteiger partial charge in [-0.3, -0.25) is 0 Å². The summed E-state index contributed by atoms with van der Waals surface area (Å²) in [6.45, 7) is 2.09. The molecule has 0 radical (unpaired) electrons.